The fourth-order valence-corrected chi connectivity index (χ4v) is 5.34. The van der Waals surface area contributed by atoms with Crippen LogP contribution in [0.3, 0.4) is 0 Å². The van der Waals surface area contributed by atoms with Gasteiger partial charge < -0.3 is 14.4 Å². The van der Waals surface area contributed by atoms with Crippen molar-refractivity contribution >= 4 is 10.9 Å². The molecule has 1 aliphatic rings. The van der Waals surface area contributed by atoms with Gasteiger partial charge in [-0.3, -0.25) is 13.9 Å². The number of hydrogen-bond acceptors (Lipinski definition) is 4. The number of phenolic OH excluding ortho intramolecular Hbond substituents is 1. The molecule has 0 saturated carbocycles. The van der Waals surface area contributed by atoms with Gasteiger partial charge in [0.05, 0.1) is 28.0 Å². The van der Waals surface area contributed by atoms with Crippen molar-refractivity contribution in [2.45, 2.75) is 26.9 Å². The van der Waals surface area contributed by atoms with Crippen molar-refractivity contribution in [2.75, 3.05) is 0 Å². The zero-order chi connectivity index (χ0) is 26.2. The van der Waals surface area contributed by atoms with Gasteiger partial charge in [-0.15, -0.1) is 0 Å². The first-order chi connectivity index (χ1) is 17.7. The second kappa shape index (κ2) is 8.00. The summed E-state index contributed by atoms with van der Waals surface area (Å²) in [5.41, 5.74) is 6.21. The molecule has 37 heavy (non-hydrogen) atoms. The fraction of sp³-hybridized carbons (Fsp3) is 0.200. The van der Waals surface area contributed by atoms with E-state index in [9.17, 15) is 14.7 Å². The lowest BCUT2D eigenvalue weighted by atomic mass is 10.0. The second-order valence-corrected chi connectivity index (χ2v) is 9.90. The molecule has 1 aliphatic heterocycles. The first kappa shape index (κ1) is 22.9. The van der Waals surface area contributed by atoms with Crippen molar-refractivity contribution in [3.8, 4) is 28.4 Å². The Kier molecular flexibility index (Phi) is 4.95. The van der Waals surface area contributed by atoms with Crippen LogP contribution in [0.15, 0.2) is 70.3 Å². The average molecular weight is 494 g/mol. The van der Waals surface area contributed by atoms with E-state index in [4.69, 9.17) is 4.74 Å². The number of benzene rings is 3. The smallest absolute Gasteiger partial charge is 0.331 e. The predicted octanol–water partition coefficient (Wildman–Crippen LogP) is 4.81. The van der Waals surface area contributed by atoms with Crippen LogP contribution in [0.2, 0.25) is 0 Å². The molecule has 1 atom stereocenters. The molecule has 0 radical (unpaired) electrons. The maximum absolute atomic E-state index is 13.8. The van der Waals surface area contributed by atoms with Crippen LogP contribution < -0.4 is 16.0 Å². The van der Waals surface area contributed by atoms with Gasteiger partial charge in [-0.2, -0.15) is 0 Å². The molecule has 7 heteroatoms. The Hall–Kier alpha value is -4.52. The second-order valence-electron chi connectivity index (χ2n) is 9.90. The number of fused-ring (bicyclic) bond motifs is 5. The number of aryl methyl sites for hydroxylation is 4. The van der Waals surface area contributed by atoms with E-state index in [0.717, 1.165) is 32.5 Å². The lowest BCUT2D eigenvalue weighted by Crippen LogP contribution is -2.37. The van der Waals surface area contributed by atoms with Crippen molar-refractivity contribution in [1.82, 2.24) is 13.7 Å². The largest absolute Gasteiger partial charge is 0.508 e. The summed E-state index contributed by atoms with van der Waals surface area (Å²) in [6.07, 6.45) is -0.754. The normalized spacial score (nSPS) is 14.4. The number of phenols is 1. The van der Waals surface area contributed by atoms with Crippen molar-refractivity contribution in [1.29, 1.82) is 0 Å². The predicted molar refractivity (Wildman–Crippen MR) is 144 cm³/mol. The van der Waals surface area contributed by atoms with E-state index in [2.05, 4.69) is 0 Å². The number of rotatable bonds is 2. The van der Waals surface area contributed by atoms with E-state index >= 15 is 0 Å². The van der Waals surface area contributed by atoms with Gasteiger partial charge in [0, 0.05) is 19.7 Å². The molecule has 0 spiro atoms. The van der Waals surface area contributed by atoms with Gasteiger partial charge >= 0.3 is 5.69 Å². The first-order valence-electron chi connectivity index (χ1n) is 12.2. The molecular weight excluding hydrogens is 466 g/mol. The SMILES string of the molecule is Cc1ccc(-c2c3c(=O)n(C)c(=O)n(C)c3c3n2-c2cc(C)ccc2O[C@@H]3c2ccc(C)cc2O)cc1. The van der Waals surface area contributed by atoms with Crippen molar-refractivity contribution in [3.05, 3.63) is 109 Å². The van der Waals surface area contributed by atoms with Crippen LogP contribution in [-0.2, 0) is 14.1 Å². The summed E-state index contributed by atoms with van der Waals surface area (Å²) in [7, 11) is 3.17. The summed E-state index contributed by atoms with van der Waals surface area (Å²) >= 11 is 0. The molecule has 5 aromatic rings. The highest BCUT2D eigenvalue weighted by molar-refractivity contribution is 5.98. The fourth-order valence-electron chi connectivity index (χ4n) is 5.34. The summed E-state index contributed by atoms with van der Waals surface area (Å²) in [6.45, 7) is 5.92. The third kappa shape index (κ3) is 3.27. The van der Waals surface area contributed by atoms with Crippen LogP contribution in [0.4, 0.5) is 0 Å². The maximum Gasteiger partial charge on any atom is 0.331 e. The van der Waals surface area contributed by atoms with Crippen LogP contribution in [0.25, 0.3) is 27.8 Å². The van der Waals surface area contributed by atoms with E-state index in [-0.39, 0.29) is 11.3 Å². The van der Waals surface area contributed by atoms with Gasteiger partial charge in [-0.05, 0) is 55.7 Å². The Morgan fingerprint density at radius 3 is 2.16 bits per heavy atom. The molecule has 2 aromatic heterocycles. The van der Waals surface area contributed by atoms with Gasteiger partial charge in [-0.25, -0.2) is 4.79 Å². The average Bonchev–Trinajstić information content (AvgIpc) is 3.23. The Morgan fingerprint density at radius 2 is 1.46 bits per heavy atom. The summed E-state index contributed by atoms with van der Waals surface area (Å²) in [5.74, 6) is 0.714. The third-order valence-corrected chi connectivity index (χ3v) is 7.25. The van der Waals surface area contributed by atoms with Crippen LogP contribution in [0.5, 0.6) is 11.5 Å². The highest BCUT2D eigenvalue weighted by Crippen LogP contribution is 2.48. The van der Waals surface area contributed by atoms with Crippen molar-refractivity contribution in [2.24, 2.45) is 14.1 Å². The third-order valence-electron chi connectivity index (χ3n) is 7.25. The molecule has 3 aromatic carbocycles. The summed E-state index contributed by atoms with van der Waals surface area (Å²) in [5, 5.41) is 11.4. The molecule has 0 aliphatic carbocycles. The molecule has 7 nitrogen and oxygen atoms in total. The molecule has 0 saturated heterocycles. The minimum atomic E-state index is -0.754. The lowest BCUT2D eigenvalue weighted by molar-refractivity contribution is 0.224. The highest BCUT2D eigenvalue weighted by Gasteiger charge is 2.37. The van der Waals surface area contributed by atoms with E-state index < -0.39 is 11.8 Å². The molecule has 0 fully saturated rings. The van der Waals surface area contributed by atoms with E-state index in [1.165, 1.54) is 11.6 Å². The van der Waals surface area contributed by atoms with E-state index in [0.29, 0.717) is 33.6 Å². The summed E-state index contributed by atoms with van der Waals surface area (Å²) in [6, 6.07) is 19.3. The van der Waals surface area contributed by atoms with Crippen molar-refractivity contribution in [3.63, 3.8) is 0 Å². The summed E-state index contributed by atoms with van der Waals surface area (Å²) < 4.78 is 11.2. The minimum absolute atomic E-state index is 0.0900. The number of nitrogens with zero attached hydrogens (tertiary/aromatic N) is 3. The molecule has 0 bridgehead atoms. The number of hydrogen-bond donors (Lipinski definition) is 1. The maximum atomic E-state index is 13.8. The van der Waals surface area contributed by atoms with Gasteiger partial charge in [-0.1, -0.05) is 48.0 Å². The number of aromatic hydroxyl groups is 1. The van der Waals surface area contributed by atoms with E-state index in [1.807, 2.05) is 79.9 Å². The standard InChI is InChI=1S/C30H27N3O4/c1-16-6-10-19(11-7-16)25-24-26(31(4)30(36)32(5)29(24)35)27-28(20-12-8-18(3)15-22(20)34)37-23-13-9-17(2)14-21(23)33(25)27/h6-15,28,34H,1-5H3/t28-/m1/s1. The quantitative estimate of drug-likeness (QED) is 0.383. The summed E-state index contributed by atoms with van der Waals surface area (Å²) in [4.78, 5) is 26.9. The molecular formula is C30H27N3O4. The van der Waals surface area contributed by atoms with Gasteiger partial charge in [0.15, 0.2) is 6.10 Å². The zero-order valence-corrected chi connectivity index (χ0v) is 21.4. The van der Waals surface area contributed by atoms with Gasteiger partial charge in [0.25, 0.3) is 5.56 Å². The molecule has 0 amide bonds. The van der Waals surface area contributed by atoms with Crippen molar-refractivity contribution < 1.29 is 9.84 Å². The van der Waals surface area contributed by atoms with Crippen LogP contribution in [0, 0.1) is 20.8 Å². The van der Waals surface area contributed by atoms with Gasteiger partial charge in [0.2, 0.25) is 0 Å². The zero-order valence-electron chi connectivity index (χ0n) is 21.4. The lowest BCUT2D eigenvalue weighted by Gasteiger charge is -2.30. The Labute approximate surface area is 213 Å². The molecule has 0 unspecified atom stereocenters. The number of aromatic nitrogens is 3. The Bertz CT molecular complexity index is 1860. The molecule has 6 rings (SSSR count). The minimum Gasteiger partial charge on any atom is -0.508 e. The molecule has 186 valence electrons. The van der Waals surface area contributed by atoms with Crippen LogP contribution >= 0.6 is 0 Å². The molecule has 1 N–H and O–H groups in total. The van der Waals surface area contributed by atoms with Crippen LogP contribution in [0.1, 0.15) is 34.1 Å². The molecule has 3 heterocycles. The highest BCUT2D eigenvalue weighted by atomic mass is 16.5. The number of ether oxygens (including phenoxy) is 1. The van der Waals surface area contributed by atoms with Crippen LogP contribution in [-0.4, -0.2) is 18.8 Å². The monoisotopic (exact) mass is 493 g/mol. The van der Waals surface area contributed by atoms with Gasteiger partial charge in [0.1, 0.15) is 11.5 Å². The first-order valence-corrected chi connectivity index (χ1v) is 12.2. The Balaban J connectivity index is 1.87. The topological polar surface area (TPSA) is 78.4 Å². The Morgan fingerprint density at radius 1 is 0.811 bits per heavy atom. The van der Waals surface area contributed by atoms with E-state index in [1.54, 1.807) is 13.1 Å².